The second kappa shape index (κ2) is 5.41. The van der Waals surface area contributed by atoms with Gasteiger partial charge >= 0.3 is 0 Å². The van der Waals surface area contributed by atoms with Crippen molar-refractivity contribution in [3.05, 3.63) is 58.1 Å². The summed E-state index contributed by atoms with van der Waals surface area (Å²) in [6.07, 6.45) is 2.00. The Kier molecular flexibility index (Phi) is 3.62. The van der Waals surface area contributed by atoms with Crippen LogP contribution in [0.2, 0.25) is 0 Å². The van der Waals surface area contributed by atoms with Crippen LogP contribution in [0, 0.1) is 5.92 Å². The summed E-state index contributed by atoms with van der Waals surface area (Å²) in [6.45, 7) is 3.27. The molecule has 0 N–H and O–H groups in total. The average molecular weight is 330 g/mol. The smallest absolute Gasteiger partial charge is 0.150 e. The molecule has 0 amide bonds. The third-order valence-corrected chi connectivity index (χ3v) is 4.38. The summed E-state index contributed by atoms with van der Waals surface area (Å²) in [5.74, 6) is 0.613. The number of para-hydroxylation sites is 1. The lowest BCUT2D eigenvalue weighted by Gasteiger charge is -2.35. The number of hydrogen-bond acceptors (Lipinski definition) is 2. The Morgan fingerprint density at radius 1 is 1.20 bits per heavy atom. The lowest BCUT2D eigenvalue weighted by Crippen LogP contribution is -2.30. The average Bonchev–Trinajstić information content (AvgIpc) is 2.46. The van der Waals surface area contributed by atoms with E-state index < -0.39 is 0 Å². The number of fused-ring (bicyclic) bond motifs is 1. The molecule has 2 aromatic rings. The minimum Gasteiger partial charge on any atom is -0.340 e. The SMILES string of the molecule is CC1Cc2ccccc2N(c2ccc(C=O)cc2Br)C1. The van der Waals surface area contributed by atoms with Crippen LogP contribution in [0.1, 0.15) is 22.8 Å². The van der Waals surface area contributed by atoms with Crippen molar-refractivity contribution in [1.29, 1.82) is 0 Å². The van der Waals surface area contributed by atoms with E-state index in [0.29, 0.717) is 11.5 Å². The Labute approximate surface area is 127 Å². The first-order valence-electron chi connectivity index (χ1n) is 6.79. The normalized spacial score (nSPS) is 17.7. The van der Waals surface area contributed by atoms with E-state index in [-0.39, 0.29) is 0 Å². The summed E-state index contributed by atoms with van der Waals surface area (Å²) in [4.78, 5) is 13.2. The predicted octanol–water partition coefficient (Wildman–Crippen LogP) is 4.59. The molecular formula is C17H16BrNO. The molecule has 3 heteroatoms. The number of anilines is 2. The molecule has 1 aliphatic heterocycles. The standard InChI is InChI=1S/C17H16BrNO/c1-12-8-14-4-2-3-5-16(14)19(10-12)17-7-6-13(11-20)9-15(17)18/h2-7,9,11-12H,8,10H2,1H3. The molecule has 102 valence electrons. The summed E-state index contributed by atoms with van der Waals surface area (Å²) in [5.41, 5.74) is 4.47. The van der Waals surface area contributed by atoms with Crippen molar-refractivity contribution < 1.29 is 4.79 Å². The first kappa shape index (κ1) is 13.4. The number of nitrogens with zero attached hydrogens (tertiary/aromatic N) is 1. The molecule has 1 atom stereocenters. The molecule has 0 aliphatic carbocycles. The number of rotatable bonds is 2. The maximum Gasteiger partial charge on any atom is 0.150 e. The molecule has 0 bridgehead atoms. The Morgan fingerprint density at radius 3 is 2.75 bits per heavy atom. The number of carbonyl (C=O) groups is 1. The van der Waals surface area contributed by atoms with Gasteiger partial charge in [0.05, 0.1) is 5.69 Å². The van der Waals surface area contributed by atoms with Gasteiger partial charge in [0, 0.05) is 22.3 Å². The van der Waals surface area contributed by atoms with Crippen LogP contribution in [0.5, 0.6) is 0 Å². The van der Waals surface area contributed by atoms with Crippen LogP contribution < -0.4 is 4.90 Å². The molecule has 0 fully saturated rings. The topological polar surface area (TPSA) is 20.3 Å². The Hall–Kier alpha value is -1.61. The highest BCUT2D eigenvalue weighted by molar-refractivity contribution is 9.10. The lowest BCUT2D eigenvalue weighted by atomic mass is 9.93. The van der Waals surface area contributed by atoms with E-state index in [2.05, 4.69) is 52.0 Å². The van der Waals surface area contributed by atoms with Gasteiger partial charge in [-0.1, -0.05) is 25.1 Å². The van der Waals surface area contributed by atoms with Gasteiger partial charge in [0.25, 0.3) is 0 Å². The van der Waals surface area contributed by atoms with Gasteiger partial charge in [-0.25, -0.2) is 0 Å². The van der Waals surface area contributed by atoms with Gasteiger partial charge in [-0.2, -0.15) is 0 Å². The lowest BCUT2D eigenvalue weighted by molar-refractivity contribution is 0.112. The molecule has 0 aromatic heterocycles. The van der Waals surface area contributed by atoms with Crippen molar-refractivity contribution in [3.8, 4) is 0 Å². The zero-order chi connectivity index (χ0) is 14.1. The van der Waals surface area contributed by atoms with Crippen LogP contribution in [0.4, 0.5) is 11.4 Å². The highest BCUT2D eigenvalue weighted by Gasteiger charge is 2.23. The van der Waals surface area contributed by atoms with Crippen LogP contribution in [0.25, 0.3) is 0 Å². The molecule has 0 radical (unpaired) electrons. The van der Waals surface area contributed by atoms with Gasteiger partial charge < -0.3 is 4.90 Å². The maximum absolute atomic E-state index is 10.9. The summed E-state index contributed by atoms with van der Waals surface area (Å²) >= 11 is 3.59. The minimum atomic E-state index is 0.613. The van der Waals surface area contributed by atoms with Crippen molar-refractivity contribution in [3.63, 3.8) is 0 Å². The van der Waals surface area contributed by atoms with Crippen molar-refractivity contribution in [2.24, 2.45) is 5.92 Å². The third-order valence-electron chi connectivity index (χ3n) is 3.74. The monoisotopic (exact) mass is 329 g/mol. The summed E-state index contributed by atoms with van der Waals surface area (Å²) in [6, 6.07) is 14.3. The van der Waals surface area contributed by atoms with Gasteiger partial charge in [0.1, 0.15) is 6.29 Å². The fourth-order valence-electron chi connectivity index (χ4n) is 2.84. The number of hydrogen-bond donors (Lipinski definition) is 0. The van der Waals surface area contributed by atoms with E-state index in [0.717, 1.165) is 29.4 Å². The van der Waals surface area contributed by atoms with Crippen molar-refractivity contribution in [2.75, 3.05) is 11.4 Å². The molecule has 2 nitrogen and oxygen atoms in total. The van der Waals surface area contributed by atoms with Gasteiger partial charge in [-0.05, 0) is 58.1 Å². The van der Waals surface area contributed by atoms with Crippen molar-refractivity contribution >= 4 is 33.6 Å². The van der Waals surface area contributed by atoms with E-state index in [1.165, 1.54) is 11.3 Å². The van der Waals surface area contributed by atoms with Crippen LogP contribution in [-0.2, 0) is 6.42 Å². The van der Waals surface area contributed by atoms with E-state index >= 15 is 0 Å². The van der Waals surface area contributed by atoms with E-state index in [1.54, 1.807) is 0 Å². The van der Waals surface area contributed by atoms with E-state index in [1.807, 2.05) is 18.2 Å². The predicted molar refractivity (Wildman–Crippen MR) is 85.8 cm³/mol. The molecule has 1 unspecified atom stereocenters. The highest BCUT2D eigenvalue weighted by Crippen LogP contribution is 2.38. The first-order chi connectivity index (χ1) is 9.69. The Bertz CT molecular complexity index is 653. The fraction of sp³-hybridized carbons (Fsp3) is 0.235. The summed E-state index contributed by atoms with van der Waals surface area (Å²) < 4.78 is 0.964. The zero-order valence-corrected chi connectivity index (χ0v) is 12.9. The quantitative estimate of drug-likeness (QED) is 0.751. The third kappa shape index (κ3) is 2.38. The molecular weight excluding hydrogens is 314 g/mol. The zero-order valence-electron chi connectivity index (χ0n) is 11.3. The van der Waals surface area contributed by atoms with Crippen LogP contribution in [-0.4, -0.2) is 12.8 Å². The molecule has 2 aromatic carbocycles. The fourth-order valence-corrected chi connectivity index (χ4v) is 3.45. The first-order valence-corrected chi connectivity index (χ1v) is 7.58. The number of carbonyl (C=O) groups excluding carboxylic acids is 1. The number of benzene rings is 2. The maximum atomic E-state index is 10.9. The summed E-state index contributed by atoms with van der Waals surface area (Å²) in [7, 11) is 0. The second-order valence-corrected chi connectivity index (χ2v) is 6.23. The molecule has 1 aliphatic rings. The van der Waals surface area contributed by atoms with Gasteiger partial charge in [-0.3, -0.25) is 4.79 Å². The van der Waals surface area contributed by atoms with Crippen LogP contribution in [0.3, 0.4) is 0 Å². The highest BCUT2D eigenvalue weighted by atomic mass is 79.9. The van der Waals surface area contributed by atoms with Gasteiger partial charge in [0.2, 0.25) is 0 Å². The van der Waals surface area contributed by atoms with E-state index in [9.17, 15) is 4.79 Å². The molecule has 3 rings (SSSR count). The largest absolute Gasteiger partial charge is 0.340 e. The number of halogens is 1. The van der Waals surface area contributed by atoms with Crippen LogP contribution >= 0.6 is 15.9 Å². The van der Waals surface area contributed by atoms with E-state index in [4.69, 9.17) is 0 Å². The number of aldehydes is 1. The van der Waals surface area contributed by atoms with Crippen LogP contribution in [0.15, 0.2) is 46.9 Å². The minimum absolute atomic E-state index is 0.613. The molecule has 20 heavy (non-hydrogen) atoms. The second-order valence-electron chi connectivity index (χ2n) is 5.38. The van der Waals surface area contributed by atoms with Crippen molar-refractivity contribution in [1.82, 2.24) is 0 Å². The Morgan fingerprint density at radius 2 is 2.00 bits per heavy atom. The molecule has 0 saturated carbocycles. The molecule has 0 saturated heterocycles. The molecule has 1 heterocycles. The van der Waals surface area contributed by atoms with Crippen molar-refractivity contribution in [2.45, 2.75) is 13.3 Å². The summed E-state index contributed by atoms with van der Waals surface area (Å²) in [5, 5.41) is 0. The molecule has 0 spiro atoms. The Balaban J connectivity index is 2.08. The van der Waals surface area contributed by atoms with Gasteiger partial charge in [-0.15, -0.1) is 0 Å². The van der Waals surface area contributed by atoms with Gasteiger partial charge in [0.15, 0.2) is 0 Å².